The molecule has 6 N–H and O–H groups in total. The fourth-order valence-corrected chi connectivity index (χ4v) is 9.88. The van der Waals surface area contributed by atoms with Gasteiger partial charge in [-0.2, -0.15) is 0 Å². The molecular weight excluding hydrogens is 494 g/mol. The summed E-state index contributed by atoms with van der Waals surface area (Å²) in [5.74, 6) is 0.0774. The summed E-state index contributed by atoms with van der Waals surface area (Å²) in [5.41, 5.74) is 11.9. The summed E-state index contributed by atoms with van der Waals surface area (Å²) in [6.45, 7) is 0. The molecule has 2 aromatic carbocycles. The molecule has 2 aromatic rings. The Balaban J connectivity index is 1.39. The van der Waals surface area contributed by atoms with E-state index >= 15 is 0 Å². The molecule has 0 fully saturated rings. The van der Waals surface area contributed by atoms with Crippen LogP contribution in [0.3, 0.4) is 0 Å². The van der Waals surface area contributed by atoms with E-state index in [0.29, 0.717) is 22.8 Å². The van der Waals surface area contributed by atoms with Gasteiger partial charge in [0.2, 0.25) is 5.53 Å². The molecule has 36 heavy (non-hydrogen) atoms. The summed E-state index contributed by atoms with van der Waals surface area (Å²) < 4.78 is 40.9. The van der Waals surface area contributed by atoms with Gasteiger partial charge in [-0.1, -0.05) is 78.9 Å². The van der Waals surface area contributed by atoms with Crippen LogP contribution in [-0.4, -0.2) is 17.2 Å². The van der Waals surface area contributed by atoms with Crippen LogP contribution in [0.2, 0.25) is 0 Å². The second kappa shape index (κ2) is 8.27. The molecule has 0 amide bonds. The molecule has 184 valence electrons. The van der Waals surface area contributed by atoms with Crippen LogP contribution in [0.1, 0.15) is 29.4 Å². The number of nitrogens with two attached hydrogens (primary N) is 2. The van der Waals surface area contributed by atoms with Crippen molar-refractivity contribution in [3.05, 3.63) is 108 Å². The van der Waals surface area contributed by atoms with Gasteiger partial charge in [-0.25, -0.2) is 0 Å². The van der Waals surface area contributed by atoms with Crippen LogP contribution >= 0.6 is 14.7 Å². The molecule has 0 spiro atoms. The molecule has 5 unspecified atom stereocenters. The average molecular weight is 520 g/mol. The molecule has 0 bridgehead atoms. The molecule has 5 atom stereocenters. The summed E-state index contributed by atoms with van der Waals surface area (Å²) in [6, 6.07) is 14.5. The first-order valence-electron chi connectivity index (χ1n) is 11.7. The van der Waals surface area contributed by atoms with Gasteiger partial charge < -0.3 is 14.4 Å². The minimum atomic E-state index is -4.02. The zero-order valence-electron chi connectivity index (χ0n) is 19.3. The number of hydrogen-bond donors (Lipinski definition) is 4. The van der Waals surface area contributed by atoms with E-state index in [4.69, 9.17) is 25.9 Å². The second-order valence-corrected chi connectivity index (χ2v) is 14.0. The molecule has 0 radical (unpaired) electrons. The Kier molecular flexibility index (Phi) is 5.38. The molecule has 2 aliphatic heterocycles. The van der Waals surface area contributed by atoms with E-state index in [0.717, 1.165) is 11.1 Å². The van der Waals surface area contributed by atoms with Gasteiger partial charge in [0, 0.05) is 28.0 Å². The van der Waals surface area contributed by atoms with Crippen LogP contribution in [0, 0.1) is 5.41 Å². The van der Waals surface area contributed by atoms with Crippen molar-refractivity contribution >= 4 is 25.6 Å². The Morgan fingerprint density at radius 2 is 1.72 bits per heavy atom. The van der Waals surface area contributed by atoms with Crippen molar-refractivity contribution in [3.63, 3.8) is 0 Å². The number of amidine groups is 1. The third-order valence-corrected chi connectivity index (χ3v) is 12.0. The molecular formula is C26H26N4O4P2. The second-order valence-electron chi connectivity index (χ2n) is 9.26. The number of rotatable bonds is 3. The van der Waals surface area contributed by atoms with Crippen molar-refractivity contribution in [2.75, 3.05) is 0 Å². The van der Waals surface area contributed by atoms with Gasteiger partial charge in [-0.15, -0.1) is 0 Å². The lowest BCUT2D eigenvalue weighted by Crippen LogP contribution is -2.64. The monoisotopic (exact) mass is 520 g/mol. The molecule has 6 rings (SSSR count). The molecule has 4 aliphatic rings. The van der Waals surface area contributed by atoms with Crippen LogP contribution in [0.5, 0.6) is 5.75 Å². The van der Waals surface area contributed by atoms with Gasteiger partial charge in [-0.05, 0) is 24.1 Å². The fourth-order valence-electron chi connectivity index (χ4n) is 5.28. The Hall–Kier alpha value is -2.99. The van der Waals surface area contributed by atoms with Crippen LogP contribution < -0.4 is 26.6 Å². The highest BCUT2D eigenvalue weighted by atomic mass is 31.2. The lowest BCUT2D eigenvalue weighted by molar-refractivity contribution is 0.236. The summed E-state index contributed by atoms with van der Waals surface area (Å²) in [6.07, 6.45) is 13.1. The number of nitrogens with one attached hydrogen (secondary N) is 2. The standard InChI is InChI=1S/C26H26N4O4P2/c27-25(35(31)23-15-7-3-11-19(23)17-9-1-5-13-21(17)33-35)30-26(28,29)36(32)24-16-8-4-12-20(24)18-10-2-6-14-22(18)34-36/h1-11,13-17,20-21H,12,28-29H2,(H2,27,30). The van der Waals surface area contributed by atoms with Crippen LogP contribution in [-0.2, 0) is 13.7 Å². The predicted molar refractivity (Wildman–Crippen MR) is 141 cm³/mol. The maximum absolute atomic E-state index is 14.5. The lowest BCUT2D eigenvalue weighted by atomic mass is 9.90. The van der Waals surface area contributed by atoms with Crippen molar-refractivity contribution in [1.29, 1.82) is 5.41 Å². The van der Waals surface area contributed by atoms with E-state index in [1.807, 2.05) is 54.6 Å². The molecule has 0 saturated carbocycles. The van der Waals surface area contributed by atoms with Crippen LogP contribution in [0.25, 0.3) is 0 Å². The Bertz CT molecular complexity index is 1490. The molecule has 2 aliphatic carbocycles. The quantitative estimate of drug-likeness (QED) is 0.201. The first-order chi connectivity index (χ1) is 17.2. The number of fused-ring (bicyclic) bond motifs is 6. The molecule has 0 saturated heterocycles. The summed E-state index contributed by atoms with van der Waals surface area (Å²) in [5, 5.41) is 12.3. The number of para-hydroxylation sites is 1. The third kappa shape index (κ3) is 3.37. The van der Waals surface area contributed by atoms with Crippen molar-refractivity contribution in [2.24, 2.45) is 11.5 Å². The number of benzene rings is 2. The van der Waals surface area contributed by atoms with Gasteiger partial charge >= 0.3 is 7.37 Å². The number of hydrogen-bond acceptors (Lipinski definition) is 7. The molecule has 0 aromatic heterocycles. The molecule has 2 heterocycles. The summed E-state index contributed by atoms with van der Waals surface area (Å²) in [4.78, 5) is 0. The fraction of sp³-hybridized carbons (Fsp3) is 0.192. The summed E-state index contributed by atoms with van der Waals surface area (Å²) >= 11 is 0. The van der Waals surface area contributed by atoms with E-state index in [-0.39, 0.29) is 11.8 Å². The summed E-state index contributed by atoms with van der Waals surface area (Å²) in [7, 11) is -7.96. The Morgan fingerprint density at radius 3 is 2.56 bits per heavy atom. The maximum Gasteiger partial charge on any atom is 0.327 e. The van der Waals surface area contributed by atoms with Gasteiger partial charge in [-0.3, -0.25) is 26.0 Å². The van der Waals surface area contributed by atoms with Crippen molar-refractivity contribution in [3.8, 4) is 5.75 Å². The molecule has 10 heteroatoms. The highest BCUT2D eigenvalue weighted by molar-refractivity contribution is 7.83. The van der Waals surface area contributed by atoms with Crippen LogP contribution in [0.15, 0.2) is 96.4 Å². The predicted octanol–water partition coefficient (Wildman–Crippen LogP) is 4.55. The minimum absolute atomic E-state index is 0.127. The topological polar surface area (TPSA) is 141 Å². The third-order valence-electron chi connectivity index (χ3n) is 7.06. The first-order valence-corrected chi connectivity index (χ1v) is 14.9. The van der Waals surface area contributed by atoms with Crippen molar-refractivity contribution in [2.45, 2.75) is 29.9 Å². The van der Waals surface area contributed by atoms with Crippen molar-refractivity contribution < 1.29 is 18.2 Å². The van der Waals surface area contributed by atoms with Gasteiger partial charge in [0.1, 0.15) is 5.75 Å². The van der Waals surface area contributed by atoms with E-state index in [1.165, 1.54) is 0 Å². The first kappa shape index (κ1) is 23.4. The highest BCUT2D eigenvalue weighted by Gasteiger charge is 2.56. The van der Waals surface area contributed by atoms with Gasteiger partial charge in [0.15, 0.2) is 5.58 Å². The normalized spacial score (nSPS) is 31.7. The SMILES string of the molecule is N=C(NC(N)(N)P1(=O)Oc2ccccc2C2CC=CC=C21)P1(=O)OC2C=CC=CC2c2ccccc21. The van der Waals surface area contributed by atoms with Gasteiger partial charge in [0.05, 0.1) is 6.10 Å². The van der Waals surface area contributed by atoms with E-state index in [2.05, 4.69) is 5.32 Å². The average Bonchev–Trinajstić information content (AvgIpc) is 2.89. The van der Waals surface area contributed by atoms with Crippen LogP contribution in [0.4, 0.5) is 0 Å². The molecule has 8 nitrogen and oxygen atoms in total. The largest absolute Gasteiger partial charge is 0.437 e. The van der Waals surface area contributed by atoms with E-state index in [1.54, 1.807) is 36.4 Å². The van der Waals surface area contributed by atoms with Crippen molar-refractivity contribution in [1.82, 2.24) is 5.32 Å². The zero-order chi connectivity index (χ0) is 25.1. The Labute approximate surface area is 209 Å². The number of allylic oxidation sites excluding steroid dienone is 6. The maximum atomic E-state index is 14.5. The minimum Gasteiger partial charge on any atom is -0.437 e. The van der Waals surface area contributed by atoms with E-state index in [9.17, 15) is 9.13 Å². The highest BCUT2D eigenvalue weighted by Crippen LogP contribution is 2.69. The van der Waals surface area contributed by atoms with E-state index < -0.39 is 31.9 Å². The Morgan fingerprint density at radius 1 is 1.00 bits per heavy atom. The van der Waals surface area contributed by atoms with Gasteiger partial charge in [0.25, 0.3) is 7.37 Å². The lowest BCUT2D eigenvalue weighted by Gasteiger charge is -2.43. The smallest absolute Gasteiger partial charge is 0.327 e. The zero-order valence-corrected chi connectivity index (χ0v) is 21.1.